The Hall–Kier alpha value is -3.07. The highest BCUT2D eigenvalue weighted by Gasteiger charge is 2.31. The van der Waals surface area contributed by atoms with E-state index in [0.29, 0.717) is 11.6 Å². The number of rotatable bonds is 11. The van der Waals surface area contributed by atoms with Crippen molar-refractivity contribution in [1.82, 2.24) is 25.5 Å². The van der Waals surface area contributed by atoms with Gasteiger partial charge in [-0.05, 0) is 30.7 Å². The number of aromatic amines is 1. The van der Waals surface area contributed by atoms with E-state index in [9.17, 15) is 18.5 Å². The number of H-pyrrole nitrogens is 1. The number of sulfonamides is 1. The lowest BCUT2D eigenvalue weighted by molar-refractivity contribution is -0.384. The van der Waals surface area contributed by atoms with Crippen LogP contribution in [0.2, 0.25) is 0 Å². The van der Waals surface area contributed by atoms with Crippen molar-refractivity contribution in [2.24, 2.45) is 5.14 Å². The molecule has 14 heteroatoms. The summed E-state index contributed by atoms with van der Waals surface area (Å²) in [6.45, 7) is 2.42. The van der Waals surface area contributed by atoms with Gasteiger partial charge in [0.25, 0.3) is 5.69 Å². The molecule has 1 aromatic heterocycles. The van der Waals surface area contributed by atoms with Gasteiger partial charge >= 0.3 is 0 Å². The summed E-state index contributed by atoms with van der Waals surface area (Å²) in [6.07, 6.45) is 0.729. The van der Waals surface area contributed by atoms with E-state index in [2.05, 4.69) is 30.8 Å². The maximum Gasteiger partial charge on any atom is 0.293 e. The average Bonchev–Trinajstić information content (AvgIpc) is 3.30. The van der Waals surface area contributed by atoms with Crippen LogP contribution < -0.4 is 10.5 Å². The third-order valence-electron chi connectivity index (χ3n) is 5.53. The summed E-state index contributed by atoms with van der Waals surface area (Å²) < 4.78 is 23.3. The van der Waals surface area contributed by atoms with E-state index in [-0.39, 0.29) is 28.2 Å². The standard InChI is InChI=1S/C20H24N8O4S2/c21-34(31,32)17-6-7-18(19(10-17)28(29)30)22-15(13-33-16-4-2-1-3-5-16)8-9-27-11-14(12-27)20-23-25-26-24-20/h1-7,10,14-15,22H,8-9,11-13H2,(H2,21,31,32)(H,23,24,25,26)/t15-/m1/s1. The van der Waals surface area contributed by atoms with Gasteiger partial charge in [-0.2, -0.15) is 5.21 Å². The van der Waals surface area contributed by atoms with Gasteiger partial charge in [-0.1, -0.05) is 23.4 Å². The summed E-state index contributed by atoms with van der Waals surface area (Å²) in [6, 6.07) is 13.4. The fourth-order valence-electron chi connectivity index (χ4n) is 3.69. The molecule has 0 saturated carbocycles. The van der Waals surface area contributed by atoms with Crippen molar-refractivity contribution in [2.45, 2.75) is 28.2 Å². The maximum absolute atomic E-state index is 11.6. The minimum atomic E-state index is -4.05. The number of nitrogens with two attached hydrogens (primary N) is 1. The number of thioether (sulfide) groups is 1. The number of nitrogens with one attached hydrogen (secondary N) is 2. The van der Waals surface area contributed by atoms with Crippen LogP contribution in [0.4, 0.5) is 11.4 Å². The molecule has 0 unspecified atom stereocenters. The number of hydrogen-bond acceptors (Lipinski definition) is 10. The molecular formula is C20H24N8O4S2. The Morgan fingerprint density at radius 3 is 2.68 bits per heavy atom. The van der Waals surface area contributed by atoms with Gasteiger partial charge in [-0.3, -0.25) is 10.1 Å². The predicted molar refractivity (Wildman–Crippen MR) is 127 cm³/mol. The van der Waals surface area contributed by atoms with E-state index in [0.717, 1.165) is 37.0 Å². The van der Waals surface area contributed by atoms with Crippen LogP contribution in [-0.2, 0) is 10.0 Å². The summed E-state index contributed by atoms with van der Waals surface area (Å²) in [5, 5.41) is 34.2. The van der Waals surface area contributed by atoms with E-state index < -0.39 is 14.9 Å². The van der Waals surface area contributed by atoms with Crippen LogP contribution in [0.15, 0.2) is 58.3 Å². The van der Waals surface area contributed by atoms with E-state index >= 15 is 0 Å². The molecule has 0 amide bonds. The summed E-state index contributed by atoms with van der Waals surface area (Å²) in [4.78, 5) is 14.1. The van der Waals surface area contributed by atoms with Crippen molar-refractivity contribution in [2.75, 3.05) is 30.7 Å². The van der Waals surface area contributed by atoms with Crippen LogP contribution in [0, 0.1) is 10.1 Å². The second kappa shape index (κ2) is 10.5. The average molecular weight is 505 g/mol. The second-order valence-electron chi connectivity index (χ2n) is 7.96. The summed E-state index contributed by atoms with van der Waals surface area (Å²) in [7, 11) is -4.05. The van der Waals surface area contributed by atoms with Gasteiger partial charge in [-0.25, -0.2) is 13.6 Å². The van der Waals surface area contributed by atoms with Crippen LogP contribution in [-0.4, -0.2) is 70.3 Å². The Kier molecular flexibility index (Phi) is 7.41. The van der Waals surface area contributed by atoms with Gasteiger partial charge in [0.2, 0.25) is 10.0 Å². The number of tetrazole rings is 1. The number of aromatic nitrogens is 4. The van der Waals surface area contributed by atoms with E-state index in [1.54, 1.807) is 11.8 Å². The smallest absolute Gasteiger partial charge is 0.293 e. The fourth-order valence-corrected chi connectivity index (χ4v) is 5.22. The van der Waals surface area contributed by atoms with Crippen LogP contribution in [0.25, 0.3) is 0 Å². The molecule has 4 rings (SSSR count). The van der Waals surface area contributed by atoms with Crippen molar-refractivity contribution in [3.63, 3.8) is 0 Å². The molecule has 1 fully saturated rings. The number of likely N-dealkylation sites (tertiary alicyclic amines) is 1. The highest BCUT2D eigenvalue weighted by molar-refractivity contribution is 7.99. The highest BCUT2D eigenvalue weighted by Crippen LogP contribution is 2.30. The first kappa shape index (κ1) is 24.1. The molecule has 1 aliphatic rings. The zero-order chi connectivity index (χ0) is 24.1. The summed E-state index contributed by atoms with van der Waals surface area (Å²) >= 11 is 1.65. The molecule has 0 spiro atoms. The fraction of sp³-hybridized carbons (Fsp3) is 0.350. The first-order valence-corrected chi connectivity index (χ1v) is 13.0. The molecule has 0 radical (unpaired) electrons. The minimum Gasteiger partial charge on any atom is -0.376 e. The Morgan fingerprint density at radius 2 is 2.03 bits per heavy atom. The maximum atomic E-state index is 11.6. The number of primary sulfonamides is 1. The monoisotopic (exact) mass is 504 g/mol. The number of nitro benzene ring substituents is 1. The molecule has 1 atom stereocenters. The molecule has 1 saturated heterocycles. The topological polar surface area (TPSA) is 173 Å². The number of nitrogens with zero attached hydrogens (tertiary/aromatic N) is 5. The Morgan fingerprint density at radius 1 is 1.26 bits per heavy atom. The van der Waals surface area contributed by atoms with E-state index in [1.165, 1.54) is 12.1 Å². The zero-order valence-corrected chi connectivity index (χ0v) is 19.7. The minimum absolute atomic E-state index is 0.103. The van der Waals surface area contributed by atoms with Gasteiger partial charge in [0.05, 0.1) is 9.82 Å². The van der Waals surface area contributed by atoms with Crippen LogP contribution in [0.1, 0.15) is 18.2 Å². The lowest BCUT2D eigenvalue weighted by Gasteiger charge is -2.38. The largest absolute Gasteiger partial charge is 0.376 e. The number of hydrogen-bond donors (Lipinski definition) is 3. The molecular weight excluding hydrogens is 480 g/mol. The Balaban J connectivity index is 1.44. The summed E-state index contributed by atoms with van der Waals surface area (Å²) in [5.74, 6) is 1.62. The number of benzene rings is 2. The molecule has 34 heavy (non-hydrogen) atoms. The quantitative estimate of drug-likeness (QED) is 0.198. The molecule has 2 heterocycles. The molecule has 3 aromatic rings. The Bertz CT molecular complexity index is 1220. The molecule has 4 N–H and O–H groups in total. The van der Waals surface area contributed by atoms with Crippen LogP contribution >= 0.6 is 11.8 Å². The second-order valence-corrected chi connectivity index (χ2v) is 10.6. The third kappa shape index (κ3) is 6.08. The third-order valence-corrected chi connectivity index (χ3v) is 7.61. The molecule has 0 bridgehead atoms. The van der Waals surface area contributed by atoms with Crippen molar-refractivity contribution in [3.05, 3.63) is 64.5 Å². The van der Waals surface area contributed by atoms with Crippen molar-refractivity contribution < 1.29 is 13.3 Å². The van der Waals surface area contributed by atoms with E-state index in [4.69, 9.17) is 5.14 Å². The normalized spacial score (nSPS) is 15.6. The van der Waals surface area contributed by atoms with Gasteiger partial charge in [-0.15, -0.1) is 22.0 Å². The first-order valence-electron chi connectivity index (χ1n) is 10.5. The van der Waals surface area contributed by atoms with Crippen molar-refractivity contribution in [1.29, 1.82) is 0 Å². The first-order chi connectivity index (χ1) is 16.3. The van der Waals surface area contributed by atoms with Gasteiger partial charge in [0.1, 0.15) is 5.69 Å². The number of nitro groups is 1. The summed E-state index contributed by atoms with van der Waals surface area (Å²) in [5.41, 5.74) is -0.0771. The highest BCUT2D eigenvalue weighted by atomic mass is 32.2. The van der Waals surface area contributed by atoms with E-state index in [1.807, 2.05) is 30.3 Å². The van der Waals surface area contributed by atoms with Crippen molar-refractivity contribution >= 4 is 33.2 Å². The SMILES string of the molecule is NS(=O)(=O)c1ccc(N[C@H](CCN2CC(c3nn[nH]n3)C2)CSc2ccccc2)c([N+](=O)[O-])c1. The lowest BCUT2D eigenvalue weighted by Crippen LogP contribution is -2.47. The van der Waals surface area contributed by atoms with Crippen LogP contribution in [0.5, 0.6) is 0 Å². The van der Waals surface area contributed by atoms with Gasteiger partial charge in [0, 0.05) is 48.3 Å². The molecule has 0 aliphatic carbocycles. The lowest BCUT2D eigenvalue weighted by atomic mass is 9.99. The van der Waals surface area contributed by atoms with Crippen molar-refractivity contribution in [3.8, 4) is 0 Å². The van der Waals surface area contributed by atoms with Gasteiger partial charge < -0.3 is 10.2 Å². The zero-order valence-electron chi connectivity index (χ0n) is 18.1. The predicted octanol–water partition coefficient (Wildman–Crippen LogP) is 1.82. The van der Waals surface area contributed by atoms with Gasteiger partial charge in [0.15, 0.2) is 5.82 Å². The molecule has 12 nitrogen and oxygen atoms in total. The molecule has 2 aromatic carbocycles. The molecule has 1 aliphatic heterocycles. The van der Waals surface area contributed by atoms with Crippen LogP contribution in [0.3, 0.4) is 0 Å². The molecule has 180 valence electrons. The Labute approximate surface area is 200 Å². The number of anilines is 1.